The van der Waals surface area contributed by atoms with Crippen LogP contribution in [0.15, 0.2) is 24.3 Å². The molecule has 0 aliphatic carbocycles. The zero-order chi connectivity index (χ0) is 17.7. The summed E-state index contributed by atoms with van der Waals surface area (Å²) in [6.07, 6.45) is 0.592. The summed E-state index contributed by atoms with van der Waals surface area (Å²) < 4.78 is 14.7. The molecule has 130 valence electrons. The lowest BCUT2D eigenvalue weighted by atomic mass is 10.3. The Balaban J connectivity index is 3.57. The first-order valence-electron chi connectivity index (χ1n) is 7.29. The standard InChI is InChI=1S/C16H24O6S/c1-5-20-16(19)13(4)11-23-10-9-21-14(17)7-6-8-22-15(18)12(2)3/h2,4-11H2,1,3H3. The summed E-state index contributed by atoms with van der Waals surface area (Å²) in [5, 5.41) is 0. The Kier molecular flexibility index (Phi) is 11.8. The highest BCUT2D eigenvalue weighted by Gasteiger charge is 2.08. The van der Waals surface area contributed by atoms with Crippen molar-refractivity contribution in [2.24, 2.45) is 0 Å². The number of rotatable bonds is 12. The molecule has 0 aliphatic heterocycles. The second-order valence-electron chi connectivity index (χ2n) is 4.62. The number of thioether (sulfide) groups is 1. The molecule has 0 aromatic carbocycles. The van der Waals surface area contributed by atoms with Crippen LogP contribution >= 0.6 is 11.8 Å². The Bertz CT molecular complexity index is 444. The summed E-state index contributed by atoms with van der Waals surface area (Å²) >= 11 is 1.44. The number of carbonyl (C=O) groups excluding carboxylic acids is 3. The molecule has 23 heavy (non-hydrogen) atoms. The maximum absolute atomic E-state index is 11.4. The van der Waals surface area contributed by atoms with Gasteiger partial charge in [-0.2, -0.15) is 11.8 Å². The van der Waals surface area contributed by atoms with Crippen LogP contribution in [0.3, 0.4) is 0 Å². The first-order valence-corrected chi connectivity index (χ1v) is 8.44. The largest absolute Gasteiger partial charge is 0.465 e. The van der Waals surface area contributed by atoms with Crippen molar-refractivity contribution in [3.8, 4) is 0 Å². The summed E-state index contributed by atoms with van der Waals surface area (Å²) in [6, 6.07) is 0. The second-order valence-corrected chi connectivity index (χ2v) is 5.72. The summed E-state index contributed by atoms with van der Waals surface area (Å²) in [6.45, 7) is 11.1. The third kappa shape index (κ3) is 11.5. The van der Waals surface area contributed by atoms with Gasteiger partial charge in [0.25, 0.3) is 0 Å². The van der Waals surface area contributed by atoms with E-state index in [0.717, 1.165) is 0 Å². The summed E-state index contributed by atoms with van der Waals surface area (Å²) in [5.41, 5.74) is 0.719. The van der Waals surface area contributed by atoms with Gasteiger partial charge in [-0.15, -0.1) is 0 Å². The topological polar surface area (TPSA) is 78.9 Å². The van der Waals surface area contributed by atoms with Crippen LogP contribution < -0.4 is 0 Å². The fourth-order valence-electron chi connectivity index (χ4n) is 1.28. The third-order valence-electron chi connectivity index (χ3n) is 2.44. The average Bonchev–Trinajstić information content (AvgIpc) is 2.50. The zero-order valence-electron chi connectivity index (χ0n) is 13.7. The van der Waals surface area contributed by atoms with Gasteiger partial charge < -0.3 is 14.2 Å². The number of ether oxygens (including phenoxy) is 3. The van der Waals surface area contributed by atoms with Gasteiger partial charge in [0.15, 0.2) is 0 Å². The molecular weight excluding hydrogens is 320 g/mol. The van der Waals surface area contributed by atoms with Crippen molar-refractivity contribution < 1.29 is 28.6 Å². The van der Waals surface area contributed by atoms with Gasteiger partial charge in [-0.3, -0.25) is 4.79 Å². The number of hydrogen-bond acceptors (Lipinski definition) is 7. The minimum absolute atomic E-state index is 0.162. The van der Waals surface area contributed by atoms with Crippen LogP contribution in [0.2, 0.25) is 0 Å². The average molecular weight is 344 g/mol. The lowest BCUT2D eigenvalue weighted by Gasteiger charge is -2.07. The van der Waals surface area contributed by atoms with Crippen molar-refractivity contribution in [3.63, 3.8) is 0 Å². The number of hydrogen-bond donors (Lipinski definition) is 0. The molecule has 0 radical (unpaired) electrons. The molecule has 7 heteroatoms. The first-order chi connectivity index (χ1) is 10.9. The zero-order valence-corrected chi connectivity index (χ0v) is 14.5. The Labute approximate surface area is 141 Å². The molecule has 0 spiro atoms. The van der Waals surface area contributed by atoms with Gasteiger partial charge in [-0.1, -0.05) is 13.2 Å². The van der Waals surface area contributed by atoms with Crippen LogP contribution in [0.25, 0.3) is 0 Å². The highest BCUT2D eigenvalue weighted by atomic mass is 32.2. The monoisotopic (exact) mass is 344 g/mol. The van der Waals surface area contributed by atoms with E-state index in [-0.39, 0.29) is 25.6 Å². The summed E-state index contributed by atoms with van der Waals surface area (Å²) in [4.78, 5) is 33.8. The molecule has 0 heterocycles. The van der Waals surface area contributed by atoms with Crippen molar-refractivity contribution in [1.29, 1.82) is 0 Å². The van der Waals surface area contributed by atoms with Gasteiger partial charge in [-0.25, -0.2) is 9.59 Å². The summed E-state index contributed by atoms with van der Waals surface area (Å²) in [7, 11) is 0. The molecule has 0 amide bonds. The van der Waals surface area contributed by atoms with Gasteiger partial charge >= 0.3 is 17.9 Å². The van der Waals surface area contributed by atoms with Gasteiger partial charge in [0.2, 0.25) is 0 Å². The second kappa shape index (κ2) is 12.8. The fourth-order valence-corrected chi connectivity index (χ4v) is 1.99. The lowest BCUT2D eigenvalue weighted by Crippen LogP contribution is -2.12. The Morgan fingerprint density at radius 1 is 1.00 bits per heavy atom. The number of carbonyl (C=O) groups is 3. The van der Waals surface area contributed by atoms with Crippen molar-refractivity contribution in [3.05, 3.63) is 24.3 Å². The molecule has 0 fully saturated rings. The first kappa shape index (κ1) is 21.2. The Morgan fingerprint density at radius 3 is 2.30 bits per heavy atom. The molecule has 6 nitrogen and oxygen atoms in total. The van der Waals surface area contributed by atoms with E-state index in [4.69, 9.17) is 14.2 Å². The molecular formula is C16H24O6S. The normalized spacial score (nSPS) is 9.83. The SMILES string of the molecule is C=C(C)C(=O)OCCCC(=O)OCCSCC(=C)C(=O)OCC. The molecule has 0 bridgehead atoms. The van der Waals surface area contributed by atoms with E-state index in [2.05, 4.69) is 13.2 Å². The van der Waals surface area contributed by atoms with E-state index < -0.39 is 11.9 Å². The highest BCUT2D eigenvalue weighted by molar-refractivity contribution is 7.99. The fraction of sp³-hybridized carbons (Fsp3) is 0.562. The van der Waals surface area contributed by atoms with Crippen LogP contribution in [0.5, 0.6) is 0 Å². The third-order valence-corrected chi connectivity index (χ3v) is 3.45. The van der Waals surface area contributed by atoms with Gasteiger partial charge in [-0.05, 0) is 20.3 Å². The highest BCUT2D eigenvalue weighted by Crippen LogP contribution is 2.08. The van der Waals surface area contributed by atoms with Gasteiger partial charge in [0, 0.05) is 29.1 Å². The van der Waals surface area contributed by atoms with E-state index >= 15 is 0 Å². The molecule has 0 aliphatic rings. The molecule has 0 saturated carbocycles. The molecule has 0 atom stereocenters. The van der Waals surface area contributed by atoms with E-state index in [1.807, 2.05) is 0 Å². The summed E-state index contributed by atoms with van der Waals surface area (Å²) in [5.74, 6) is -0.207. The van der Waals surface area contributed by atoms with Crippen molar-refractivity contribution in [2.45, 2.75) is 26.7 Å². The smallest absolute Gasteiger partial charge is 0.334 e. The molecule has 0 unspecified atom stereocenters. The quantitative estimate of drug-likeness (QED) is 0.232. The van der Waals surface area contributed by atoms with Crippen LogP contribution in [0.1, 0.15) is 26.7 Å². The predicted octanol–water partition coefficient (Wildman–Crippen LogP) is 2.28. The van der Waals surface area contributed by atoms with E-state index in [1.54, 1.807) is 13.8 Å². The van der Waals surface area contributed by atoms with Gasteiger partial charge in [0.05, 0.1) is 13.2 Å². The Morgan fingerprint density at radius 2 is 1.70 bits per heavy atom. The predicted molar refractivity (Wildman–Crippen MR) is 89.1 cm³/mol. The molecule has 0 aromatic heterocycles. The van der Waals surface area contributed by atoms with Crippen LogP contribution in [-0.2, 0) is 28.6 Å². The van der Waals surface area contributed by atoms with Crippen molar-refractivity contribution in [1.82, 2.24) is 0 Å². The minimum Gasteiger partial charge on any atom is -0.465 e. The van der Waals surface area contributed by atoms with E-state index in [1.165, 1.54) is 11.8 Å². The van der Waals surface area contributed by atoms with Crippen LogP contribution in [0, 0.1) is 0 Å². The molecule has 0 N–H and O–H groups in total. The van der Waals surface area contributed by atoms with Crippen molar-refractivity contribution in [2.75, 3.05) is 31.3 Å². The van der Waals surface area contributed by atoms with Crippen LogP contribution in [-0.4, -0.2) is 49.2 Å². The van der Waals surface area contributed by atoms with Crippen molar-refractivity contribution >= 4 is 29.7 Å². The maximum Gasteiger partial charge on any atom is 0.334 e. The molecule has 0 aromatic rings. The van der Waals surface area contributed by atoms with E-state index in [0.29, 0.717) is 35.7 Å². The lowest BCUT2D eigenvalue weighted by molar-refractivity contribution is -0.145. The number of esters is 3. The van der Waals surface area contributed by atoms with Gasteiger partial charge in [0.1, 0.15) is 6.61 Å². The van der Waals surface area contributed by atoms with E-state index in [9.17, 15) is 14.4 Å². The van der Waals surface area contributed by atoms with Crippen LogP contribution in [0.4, 0.5) is 0 Å². The minimum atomic E-state index is -0.461. The maximum atomic E-state index is 11.4. The Hall–Kier alpha value is -1.76. The molecule has 0 rings (SSSR count). The molecule has 0 saturated heterocycles.